The predicted molar refractivity (Wildman–Crippen MR) is 61.2 cm³/mol. The number of rotatable bonds is 2. The van der Waals surface area contributed by atoms with Gasteiger partial charge in [0.1, 0.15) is 0 Å². The maximum absolute atomic E-state index is 10.5. The van der Waals surface area contributed by atoms with Crippen LogP contribution in [0.5, 0.6) is 0 Å². The number of nitrogens with zero attached hydrogens (tertiary/aromatic N) is 1. The Kier molecular flexibility index (Phi) is 2.77. The number of nitrogens with two attached hydrogens (primary N) is 2. The lowest BCUT2D eigenvalue weighted by Gasteiger charge is -2.22. The summed E-state index contributed by atoms with van der Waals surface area (Å²) in [6.07, 6.45) is 6.30. The van der Waals surface area contributed by atoms with Crippen molar-refractivity contribution in [3.05, 3.63) is 0 Å². The molecule has 84 valence electrons. The minimum Gasteiger partial charge on any atom is -0.369 e. The van der Waals surface area contributed by atoms with Crippen LogP contribution < -0.4 is 16.8 Å². The van der Waals surface area contributed by atoms with Gasteiger partial charge in [0.25, 0.3) is 0 Å². The van der Waals surface area contributed by atoms with Crippen molar-refractivity contribution in [2.75, 3.05) is 0 Å². The highest BCUT2D eigenvalue weighted by molar-refractivity contribution is 7.99. The highest BCUT2D eigenvalue weighted by Crippen LogP contribution is 2.55. The Bertz CT molecular complexity index is 296. The first-order valence-corrected chi connectivity index (χ1v) is 5.95. The fourth-order valence-electron chi connectivity index (χ4n) is 2.56. The Morgan fingerprint density at radius 1 is 1.40 bits per heavy atom. The number of guanidine groups is 1. The average molecular weight is 228 g/mol. The monoisotopic (exact) mass is 228 g/mol. The van der Waals surface area contributed by atoms with Gasteiger partial charge >= 0.3 is 6.03 Å². The number of fused-ring (bicyclic) bond motifs is 2. The van der Waals surface area contributed by atoms with E-state index in [0.29, 0.717) is 0 Å². The van der Waals surface area contributed by atoms with Crippen molar-refractivity contribution in [1.29, 1.82) is 0 Å². The summed E-state index contributed by atoms with van der Waals surface area (Å²) in [4.78, 5) is 10.5. The number of urea groups is 1. The molecule has 0 aromatic rings. The quantitative estimate of drug-likeness (QED) is 0.373. The molecule has 0 spiro atoms. The Labute approximate surface area is 93.2 Å². The maximum atomic E-state index is 10.5. The molecule has 0 atom stereocenters. The van der Waals surface area contributed by atoms with Gasteiger partial charge in [-0.3, -0.25) is 5.32 Å². The lowest BCUT2D eigenvalue weighted by atomic mass is 10.0. The summed E-state index contributed by atoms with van der Waals surface area (Å²) >= 11 is 1.52. The Morgan fingerprint density at radius 2 is 2.07 bits per heavy atom. The summed E-state index contributed by atoms with van der Waals surface area (Å²) in [7, 11) is 0. The van der Waals surface area contributed by atoms with E-state index in [2.05, 4.69) is 9.71 Å². The molecule has 0 unspecified atom stereocenters. The lowest BCUT2D eigenvalue weighted by Crippen LogP contribution is -2.40. The van der Waals surface area contributed by atoms with E-state index in [9.17, 15) is 4.79 Å². The van der Waals surface area contributed by atoms with Gasteiger partial charge < -0.3 is 11.5 Å². The van der Waals surface area contributed by atoms with Gasteiger partial charge in [0, 0.05) is 4.75 Å². The van der Waals surface area contributed by atoms with Crippen molar-refractivity contribution in [2.45, 2.75) is 36.9 Å². The van der Waals surface area contributed by atoms with Gasteiger partial charge in [0.2, 0.25) is 5.96 Å². The minimum absolute atomic E-state index is 0.109. The maximum Gasteiger partial charge on any atom is 0.318 e. The first-order chi connectivity index (χ1) is 7.10. The van der Waals surface area contributed by atoms with Crippen molar-refractivity contribution in [1.82, 2.24) is 5.32 Å². The van der Waals surface area contributed by atoms with E-state index >= 15 is 0 Å². The molecule has 2 amide bonds. The third kappa shape index (κ3) is 2.37. The smallest absolute Gasteiger partial charge is 0.318 e. The van der Waals surface area contributed by atoms with Crippen molar-refractivity contribution >= 4 is 23.9 Å². The summed E-state index contributed by atoms with van der Waals surface area (Å²) in [6, 6.07) is -0.662. The molecular formula is C9H16N4OS. The molecular weight excluding hydrogens is 212 g/mol. The SMILES string of the molecule is NC(=O)N/C(N)=N\SC12CCC(CC1)C2. The number of hydrogen-bond donors (Lipinski definition) is 3. The van der Waals surface area contributed by atoms with Crippen LogP contribution in [0.3, 0.4) is 0 Å². The highest BCUT2D eigenvalue weighted by atomic mass is 32.2. The van der Waals surface area contributed by atoms with Gasteiger partial charge in [0.05, 0.1) is 0 Å². The second-order valence-electron chi connectivity index (χ2n) is 4.39. The van der Waals surface area contributed by atoms with Crippen molar-refractivity contribution < 1.29 is 4.79 Å². The van der Waals surface area contributed by atoms with Crippen LogP contribution in [-0.2, 0) is 0 Å². The fourth-order valence-corrected chi connectivity index (χ4v) is 3.63. The topological polar surface area (TPSA) is 93.5 Å². The van der Waals surface area contributed by atoms with Crippen LogP contribution in [0.4, 0.5) is 4.79 Å². The van der Waals surface area contributed by atoms with E-state index in [-0.39, 0.29) is 10.7 Å². The van der Waals surface area contributed by atoms with Crippen LogP contribution in [0.2, 0.25) is 0 Å². The molecule has 2 fully saturated rings. The molecule has 0 radical (unpaired) electrons. The van der Waals surface area contributed by atoms with E-state index in [1.807, 2.05) is 0 Å². The van der Waals surface area contributed by atoms with Gasteiger partial charge in [0.15, 0.2) is 0 Å². The zero-order chi connectivity index (χ0) is 10.9. The van der Waals surface area contributed by atoms with Crippen LogP contribution in [0, 0.1) is 5.92 Å². The molecule has 2 rings (SSSR count). The Balaban J connectivity index is 1.89. The van der Waals surface area contributed by atoms with E-state index in [1.165, 1.54) is 44.1 Å². The van der Waals surface area contributed by atoms with E-state index in [0.717, 1.165) is 5.92 Å². The van der Waals surface area contributed by atoms with Crippen molar-refractivity contribution in [3.63, 3.8) is 0 Å². The van der Waals surface area contributed by atoms with Crippen LogP contribution in [0.15, 0.2) is 4.40 Å². The first kappa shape index (κ1) is 10.6. The van der Waals surface area contributed by atoms with Crippen LogP contribution in [0.1, 0.15) is 32.1 Å². The number of amides is 2. The molecule has 0 aromatic carbocycles. The summed E-state index contributed by atoms with van der Waals surface area (Å²) in [5.74, 6) is 0.996. The highest BCUT2D eigenvalue weighted by Gasteiger charge is 2.45. The van der Waals surface area contributed by atoms with E-state index in [1.54, 1.807) is 0 Å². The van der Waals surface area contributed by atoms with E-state index < -0.39 is 6.03 Å². The van der Waals surface area contributed by atoms with Crippen LogP contribution in [-0.4, -0.2) is 16.7 Å². The van der Waals surface area contributed by atoms with Gasteiger partial charge in [-0.2, -0.15) is 4.40 Å². The number of nitrogens with one attached hydrogen (secondary N) is 1. The standard InChI is InChI=1S/C9H16N4OS/c10-7(12-8(11)14)13-15-9-3-1-6(5-9)2-4-9/h6H,1-5H2,(H5,10,11,12,13,14). The molecule has 0 saturated heterocycles. The molecule has 0 aliphatic heterocycles. The molecule has 5 nitrogen and oxygen atoms in total. The van der Waals surface area contributed by atoms with Gasteiger partial charge in [-0.15, -0.1) is 0 Å². The first-order valence-electron chi connectivity index (χ1n) is 5.18. The zero-order valence-corrected chi connectivity index (χ0v) is 9.35. The molecule has 6 heteroatoms. The zero-order valence-electron chi connectivity index (χ0n) is 8.53. The van der Waals surface area contributed by atoms with Gasteiger partial charge in [-0.1, -0.05) is 0 Å². The second kappa shape index (κ2) is 3.92. The number of hydrogen-bond acceptors (Lipinski definition) is 3. The molecule has 0 heterocycles. The van der Waals surface area contributed by atoms with Crippen molar-refractivity contribution in [3.8, 4) is 0 Å². The summed E-state index contributed by atoms with van der Waals surface area (Å²) in [6.45, 7) is 0. The van der Waals surface area contributed by atoms with Crippen molar-refractivity contribution in [2.24, 2.45) is 21.8 Å². The normalized spacial score (nSPS) is 34.4. The number of primary amides is 1. The van der Waals surface area contributed by atoms with Gasteiger partial charge in [-0.25, -0.2) is 4.79 Å². The molecule has 2 aliphatic carbocycles. The summed E-state index contributed by atoms with van der Waals surface area (Å²) in [5, 5.41) is 2.27. The molecule has 2 bridgehead atoms. The van der Waals surface area contributed by atoms with Gasteiger partial charge in [-0.05, 0) is 50.0 Å². The number of carbonyl (C=O) groups excluding carboxylic acids is 1. The van der Waals surface area contributed by atoms with Crippen LogP contribution in [0.25, 0.3) is 0 Å². The molecule has 5 N–H and O–H groups in total. The average Bonchev–Trinajstić information content (AvgIpc) is 2.74. The summed E-state index contributed by atoms with van der Waals surface area (Å²) < 4.78 is 4.40. The Morgan fingerprint density at radius 3 is 2.53 bits per heavy atom. The lowest BCUT2D eigenvalue weighted by molar-refractivity contribution is 0.253. The van der Waals surface area contributed by atoms with E-state index in [4.69, 9.17) is 11.5 Å². The molecule has 2 saturated carbocycles. The second-order valence-corrected chi connectivity index (χ2v) is 5.62. The molecule has 15 heavy (non-hydrogen) atoms. The Hall–Kier alpha value is -0.910. The molecule has 2 aliphatic rings. The third-order valence-corrected chi connectivity index (χ3v) is 4.52. The fraction of sp³-hybridized carbons (Fsp3) is 0.778. The number of carbonyl (C=O) groups is 1. The third-order valence-electron chi connectivity index (χ3n) is 3.27. The largest absolute Gasteiger partial charge is 0.369 e. The molecule has 0 aromatic heterocycles. The van der Waals surface area contributed by atoms with Crippen LogP contribution >= 0.6 is 11.9 Å². The summed E-state index contributed by atoms with van der Waals surface area (Å²) in [5.41, 5.74) is 10.4. The predicted octanol–water partition coefficient (Wildman–Crippen LogP) is 0.950. The minimum atomic E-state index is -0.662.